The number of hydrogen-bond acceptors (Lipinski definition) is 5. The summed E-state index contributed by atoms with van der Waals surface area (Å²) < 4.78 is 8.33. The molecule has 1 aliphatic rings. The van der Waals surface area contributed by atoms with Crippen LogP contribution in [0.3, 0.4) is 0 Å². The van der Waals surface area contributed by atoms with Crippen LogP contribution in [0.1, 0.15) is 48.8 Å². The average Bonchev–Trinajstić information content (AvgIpc) is 2.92. The minimum Gasteiger partial charge on any atom is -0.481 e. The lowest BCUT2D eigenvalue weighted by Gasteiger charge is -2.30. The Morgan fingerprint density at radius 3 is 2.88 bits per heavy atom. The normalized spacial score (nSPS) is 15.7. The van der Waals surface area contributed by atoms with Crippen LogP contribution in [0, 0.1) is 5.41 Å². The number of aryl methyl sites for hydroxylation is 1. The molecule has 1 aliphatic carbocycles. The van der Waals surface area contributed by atoms with Gasteiger partial charge in [-0.05, 0) is 53.9 Å². The summed E-state index contributed by atoms with van der Waals surface area (Å²) in [6, 6.07) is 2.04. The minimum absolute atomic E-state index is 0.348. The van der Waals surface area contributed by atoms with Gasteiger partial charge in [-0.15, -0.1) is 11.3 Å². The molecule has 1 N–H and O–H groups in total. The molecule has 3 nitrogen and oxygen atoms in total. The van der Waals surface area contributed by atoms with Crippen LogP contribution in [-0.4, -0.2) is 12.1 Å². The summed E-state index contributed by atoms with van der Waals surface area (Å²) in [4.78, 5) is 7.16. The highest BCUT2D eigenvalue weighted by atomic mass is 32.1. The molecule has 0 amide bonds. The molecular weight excluding hydrogens is 348 g/mol. The summed E-state index contributed by atoms with van der Waals surface area (Å²) >= 11 is 6.09. The molecule has 0 fully saturated rings. The number of hydrogen-bond donors (Lipinski definition) is 2. The molecule has 0 atom stereocenters. The zero-order valence-electron chi connectivity index (χ0n) is 15.4. The fourth-order valence-electron chi connectivity index (χ4n) is 3.57. The number of ether oxygens (including phenoxy) is 1. The number of methoxy groups -OCH3 is 1. The SMILES string of the molecule is C=C(C)c1c(-c2cc(OC)ncc2CNS)sc2c1CC(C)(C)CC2. The van der Waals surface area contributed by atoms with Gasteiger partial charge < -0.3 is 4.74 Å². The van der Waals surface area contributed by atoms with Gasteiger partial charge in [-0.3, -0.25) is 4.72 Å². The topological polar surface area (TPSA) is 34.1 Å². The number of nitrogens with zero attached hydrogens (tertiary/aromatic N) is 1. The van der Waals surface area contributed by atoms with E-state index in [9.17, 15) is 0 Å². The maximum atomic E-state index is 5.38. The Kier molecular flexibility index (Phi) is 5.28. The highest BCUT2D eigenvalue weighted by Crippen LogP contribution is 2.48. The van der Waals surface area contributed by atoms with Crippen molar-refractivity contribution < 1.29 is 4.74 Å². The van der Waals surface area contributed by atoms with E-state index in [1.165, 1.54) is 32.9 Å². The Bertz CT molecular complexity index is 808. The van der Waals surface area contributed by atoms with E-state index in [4.69, 9.17) is 4.74 Å². The van der Waals surface area contributed by atoms with Gasteiger partial charge in [-0.2, -0.15) is 0 Å². The maximum Gasteiger partial charge on any atom is 0.213 e. The Morgan fingerprint density at radius 1 is 1.48 bits per heavy atom. The summed E-state index contributed by atoms with van der Waals surface area (Å²) in [5.74, 6) is 0.636. The molecule has 0 aliphatic heterocycles. The van der Waals surface area contributed by atoms with Crippen LogP contribution in [-0.2, 0) is 19.4 Å². The van der Waals surface area contributed by atoms with Crippen LogP contribution in [0.25, 0.3) is 16.0 Å². The van der Waals surface area contributed by atoms with Crippen LogP contribution in [0.2, 0.25) is 0 Å². The van der Waals surface area contributed by atoms with Crippen molar-refractivity contribution in [1.82, 2.24) is 9.71 Å². The monoisotopic (exact) mass is 374 g/mol. The number of fused-ring (bicyclic) bond motifs is 1. The summed E-state index contributed by atoms with van der Waals surface area (Å²) in [6.45, 7) is 11.8. The molecule has 25 heavy (non-hydrogen) atoms. The van der Waals surface area contributed by atoms with E-state index < -0.39 is 0 Å². The lowest BCUT2D eigenvalue weighted by Crippen LogP contribution is -2.21. The van der Waals surface area contributed by atoms with E-state index >= 15 is 0 Å². The fourth-order valence-corrected chi connectivity index (χ4v) is 5.19. The van der Waals surface area contributed by atoms with Gasteiger partial charge in [0.15, 0.2) is 0 Å². The quantitative estimate of drug-likeness (QED) is 0.697. The highest BCUT2D eigenvalue weighted by molar-refractivity contribution is 7.78. The van der Waals surface area contributed by atoms with E-state index in [-0.39, 0.29) is 0 Å². The van der Waals surface area contributed by atoms with E-state index in [2.05, 4.69) is 49.9 Å². The first-order chi connectivity index (χ1) is 11.9. The van der Waals surface area contributed by atoms with Gasteiger partial charge >= 0.3 is 0 Å². The Hall–Kier alpha value is -1.30. The van der Waals surface area contributed by atoms with Gasteiger partial charge in [0.1, 0.15) is 0 Å². The van der Waals surface area contributed by atoms with Crippen molar-refractivity contribution in [1.29, 1.82) is 0 Å². The van der Waals surface area contributed by atoms with Crippen molar-refractivity contribution in [2.24, 2.45) is 5.41 Å². The lowest BCUT2D eigenvalue weighted by atomic mass is 9.75. The third kappa shape index (κ3) is 3.64. The fraction of sp³-hybridized carbons (Fsp3) is 0.450. The van der Waals surface area contributed by atoms with Crippen LogP contribution in [0.4, 0.5) is 0 Å². The molecule has 2 aromatic rings. The standard InChI is InChI=1S/C20H26N2OS2/c1-12(2)18-15-9-20(3,4)7-6-16(15)25-19(18)14-8-17(23-5)21-10-13(14)11-22-24/h8,10,22,24H,1,6-7,9,11H2,2-5H3. The number of pyridine rings is 1. The molecule has 0 unspecified atom stereocenters. The van der Waals surface area contributed by atoms with Crippen LogP contribution < -0.4 is 9.46 Å². The van der Waals surface area contributed by atoms with Crippen molar-refractivity contribution in [2.45, 2.75) is 46.6 Å². The molecule has 2 aromatic heterocycles. The number of allylic oxidation sites excluding steroid dienone is 1. The largest absolute Gasteiger partial charge is 0.481 e. The molecule has 134 valence electrons. The van der Waals surface area contributed by atoms with Crippen molar-refractivity contribution in [3.05, 3.63) is 40.4 Å². The number of thiophene rings is 1. The molecule has 2 heterocycles. The number of nitrogens with one attached hydrogen (secondary N) is 1. The van der Waals surface area contributed by atoms with Crippen molar-refractivity contribution in [3.63, 3.8) is 0 Å². The van der Waals surface area contributed by atoms with E-state index in [1.807, 2.05) is 23.6 Å². The molecule has 0 radical (unpaired) electrons. The van der Waals surface area contributed by atoms with Gasteiger partial charge in [0, 0.05) is 34.1 Å². The number of rotatable bonds is 5. The molecule has 0 bridgehead atoms. The first kappa shape index (κ1) is 18.5. The second-order valence-electron chi connectivity index (χ2n) is 7.55. The van der Waals surface area contributed by atoms with Gasteiger partial charge in [-0.1, -0.05) is 33.2 Å². The van der Waals surface area contributed by atoms with Gasteiger partial charge in [0.2, 0.25) is 5.88 Å². The summed E-state index contributed by atoms with van der Waals surface area (Å²) in [6.07, 6.45) is 5.38. The molecular formula is C20H26N2OS2. The second-order valence-corrected chi connectivity index (χ2v) is 8.97. The third-order valence-electron chi connectivity index (χ3n) is 4.89. The highest BCUT2D eigenvalue weighted by Gasteiger charge is 2.31. The molecule has 5 heteroatoms. The van der Waals surface area contributed by atoms with Gasteiger partial charge in [0.05, 0.1) is 7.11 Å². The maximum absolute atomic E-state index is 5.38. The Balaban J connectivity index is 2.21. The Labute approximate surface area is 160 Å². The van der Waals surface area contributed by atoms with Gasteiger partial charge in [0.25, 0.3) is 0 Å². The van der Waals surface area contributed by atoms with Crippen molar-refractivity contribution in [2.75, 3.05) is 7.11 Å². The van der Waals surface area contributed by atoms with E-state index in [0.717, 1.165) is 24.0 Å². The first-order valence-corrected chi connectivity index (χ1v) is 9.83. The van der Waals surface area contributed by atoms with Crippen LogP contribution in [0.5, 0.6) is 5.88 Å². The summed E-state index contributed by atoms with van der Waals surface area (Å²) in [5.41, 5.74) is 6.58. The third-order valence-corrected chi connectivity index (χ3v) is 6.37. The van der Waals surface area contributed by atoms with E-state index in [0.29, 0.717) is 17.8 Å². The number of aromatic nitrogens is 1. The molecule has 3 rings (SSSR count). The van der Waals surface area contributed by atoms with Gasteiger partial charge in [-0.25, -0.2) is 4.98 Å². The smallest absolute Gasteiger partial charge is 0.213 e. The molecule has 0 aromatic carbocycles. The van der Waals surface area contributed by atoms with Crippen LogP contribution >= 0.6 is 24.2 Å². The zero-order valence-corrected chi connectivity index (χ0v) is 17.1. The predicted molar refractivity (Wildman–Crippen MR) is 110 cm³/mol. The van der Waals surface area contributed by atoms with Crippen molar-refractivity contribution >= 4 is 29.7 Å². The average molecular weight is 375 g/mol. The second kappa shape index (κ2) is 7.14. The molecule has 0 saturated carbocycles. The van der Waals surface area contributed by atoms with E-state index in [1.54, 1.807) is 7.11 Å². The summed E-state index contributed by atoms with van der Waals surface area (Å²) in [7, 11) is 1.66. The molecule has 0 spiro atoms. The first-order valence-electron chi connectivity index (χ1n) is 8.57. The predicted octanol–water partition coefficient (Wildman–Crippen LogP) is 5.30. The Morgan fingerprint density at radius 2 is 2.24 bits per heavy atom. The van der Waals surface area contributed by atoms with Crippen LogP contribution in [0.15, 0.2) is 18.8 Å². The number of thiol groups is 1. The molecule has 0 saturated heterocycles. The lowest BCUT2D eigenvalue weighted by molar-refractivity contribution is 0.317. The minimum atomic E-state index is 0.348. The summed E-state index contributed by atoms with van der Waals surface area (Å²) in [5, 5.41) is 0. The van der Waals surface area contributed by atoms with Crippen molar-refractivity contribution in [3.8, 4) is 16.3 Å². The zero-order chi connectivity index (χ0) is 18.2.